The van der Waals surface area contributed by atoms with Gasteiger partial charge in [-0.3, -0.25) is 9.79 Å². The molecule has 31 heavy (non-hydrogen) atoms. The van der Waals surface area contributed by atoms with Crippen LogP contribution >= 0.6 is 0 Å². The second-order valence-corrected chi connectivity index (χ2v) is 7.46. The Balaban J connectivity index is 1.89. The van der Waals surface area contributed by atoms with E-state index in [2.05, 4.69) is 16.0 Å². The third kappa shape index (κ3) is 3.99. The van der Waals surface area contributed by atoms with Crippen LogP contribution in [0.25, 0.3) is 16.5 Å². The molecular formula is C25H28N4O2. The lowest BCUT2D eigenvalue weighted by molar-refractivity contribution is 0.123. The van der Waals surface area contributed by atoms with Gasteiger partial charge in [0.15, 0.2) is 0 Å². The van der Waals surface area contributed by atoms with E-state index in [-0.39, 0.29) is 5.56 Å². The number of ether oxygens (including phenoxy) is 1. The first-order valence-corrected chi connectivity index (χ1v) is 10.6. The van der Waals surface area contributed by atoms with Gasteiger partial charge in [0.05, 0.1) is 30.1 Å². The minimum atomic E-state index is 0.0129. The molecule has 2 N–H and O–H groups in total. The number of hydrogen-bond donors (Lipinski definition) is 1. The Morgan fingerprint density at radius 2 is 1.84 bits per heavy atom. The van der Waals surface area contributed by atoms with Crippen LogP contribution < -0.4 is 16.2 Å². The van der Waals surface area contributed by atoms with Crippen molar-refractivity contribution in [3.05, 3.63) is 82.3 Å². The van der Waals surface area contributed by atoms with Crippen LogP contribution in [-0.2, 0) is 11.3 Å². The van der Waals surface area contributed by atoms with Crippen molar-refractivity contribution in [1.82, 2.24) is 4.57 Å². The highest BCUT2D eigenvalue weighted by Gasteiger charge is 2.19. The van der Waals surface area contributed by atoms with Crippen molar-refractivity contribution in [2.75, 3.05) is 38.3 Å². The highest BCUT2D eigenvalue weighted by Crippen LogP contribution is 2.30. The zero-order valence-electron chi connectivity index (χ0n) is 18.0. The molecule has 1 aliphatic heterocycles. The van der Waals surface area contributed by atoms with Crippen molar-refractivity contribution in [2.45, 2.75) is 13.5 Å². The van der Waals surface area contributed by atoms with Gasteiger partial charge in [-0.1, -0.05) is 36.4 Å². The molecule has 3 aromatic rings. The first-order valence-electron chi connectivity index (χ1n) is 10.6. The van der Waals surface area contributed by atoms with Gasteiger partial charge in [-0.05, 0) is 24.6 Å². The van der Waals surface area contributed by atoms with Crippen LogP contribution in [0.2, 0.25) is 0 Å². The van der Waals surface area contributed by atoms with E-state index in [4.69, 9.17) is 10.5 Å². The highest BCUT2D eigenvalue weighted by molar-refractivity contribution is 6.32. The second kappa shape index (κ2) is 9.18. The molecule has 6 heteroatoms. The fourth-order valence-corrected chi connectivity index (χ4v) is 4.24. The Kier molecular flexibility index (Phi) is 6.18. The van der Waals surface area contributed by atoms with E-state index < -0.39 is 0 Å². The van der Waals surface area contributed by atoms with E-state index in [0.717, 1.165) is 52.1 Å². The molecule has 6 nitrogen and oxygen atoms in total. The maximum absolute atomic E-state index is 12.8. The Labute approximate surface area is 182 Å². The minimum absolute atomic E-state index is 0.0129. The van der Waals surface area contributed by atoms with Gasteiger partial charge in [0, 0.05) is 55.5 Å². The summed E-state index contributed by atoms with van der Waals surface area (Å²) in [7, 11) is 1.78. The zero-order valence-corrected chi connectivity index (χ0v) is 18.0. The molecule has 1 saturated heterocycles. The van der Waals surface area contributed by atoms with Crippen molar-refractivity contribution < 1.29 is 4.74 Å². The number of benzene rings is 2. The Morgan fingerprint density at radius 1 is 1.10 bits per heavy atom. The minimum Gasteiger partial charge on any atom is -0.404 e. The van der Waals surface area contributed by atoms with Gasteiger partial charge in [0.1, 0.15) is 0 Å². The van der Waals surface area contributed by atoms with E-state index in [0.29, 0.717) is 19.8 Å². The molecule has 1 aliphatic rings. The van der Waals surface area contributed by atoms with E-state index in [1.807, 2.05) is 49.4 Å². The predicted molar refractivity (Wildman–Crippen MR) is 128 cm³/mol. The molecule has 4 rings (SSSR count). The van der Waals surface area contributed by atoms with Crippen LogP contribution in [0.15, 0.2) is 70.6 Å². The Bertz CT molecular complexity index is 1190. The summed E-state index contributed by atoms with van der Waals surface area (Å²) in [5, 5.41) is 1.03. The van der Waals surface area contributed by atoms with Gasteiger partial charge in [-0.2, -0.15) is 0 Å². The topological polar surface area (TPSA) is 72.8 Å². The van der Waals surface area contributed by atoms with Crippen LogP contribution in [0.1, 0.15) is 18.1 Å². The summed E-state index contributed by atoms with van der Waals surface area (Å²) in [6.07, 6.45) is 1.61. The molecule has 2 heterocycles. The summed E-state index contributed by atoms with van der Waals surface area (Å²) in [5.74, 6) is 0. The number of rotatable bonds is 5. The van der Waals surface area contributed by atoms with Crippen LogP contribution in [-0.4, -0.2) is 43.6 Å². The molecule has 0 bridgehead atoms. The van der Waals surface area contributed by atoms with Crippen LogP contribution in [0.3, 0.4) is 0 Å². The van der Waals surface area contributed by atoms with Crippen LogP contribution in [0, 0.1) is 0 Å². The van der Waals surface area contributed by atoms with E-state index in [1.54, 1.807) is 23.9 Å². The number of nitrogens with two attached hydrogens (primary N) is 1. The SMILES string of the molecule is CCn1c(=O)cc(N2CCOCC2)c2cc(C(=CN)C(=NC)c3ccccc3)ccc21. The quantitative estimate of drug-likeness (QED) is 0.648. The first kappa shape index (κ1) is 20.9. The van der Waals surface area contributed by atoms with Crippen molar-refractivity contribution >= 4 is 27.9 Å². The summed E-state index contributed by atoms with van der Waals surface area (Å²) >= 11 is 0. The predicted octanol–water partition coefficient (Wildman–Crippen LogP) is 3.28. The van der Waals surface area contributed by atoms with E-state index in [9.17, 15) is 4.79 Å². The Hall–Kier alpha value is -3.38. The van der Waals surface area contributed by atoms with Crippen molar-refractivity contribution in [2.24, 2.45) is 10.7 Å². The third-order valence-corrected chi connectivity index (χ3v) is 5.76. The van der Waals surface area contributed by atoms with Gasteiger partial charge in [-0.25, -0.2) is 0 Å². The second-order valence-electron chi connectivity index (χ2n) is 7.46. The van der Waals surface area contributed by atoms with Crippen molar-refractivity contribution in [1.29, 1.82) is 0 Å². The lowest BCUT2D eigenvalue weighted by atomic mass is 9.95. The Morgan fingerprint density at radius 3 is 2.48 bits per heavy atom. The molecule has 0 radical (unpaired) electrons. The van der Waals surface area contributed by atoms with Crippen LogP contribution in [0.5, 0.6) is 0 Å². The molecule has 160 valence electrons. The maximum Gasteiger partial charge on any atom is 0.253 e. The summed E-state index contributed by atoms with van der Waals surface area (Å²) in [5.41, 5.74) is 11.6. The summed E-state index contributed by atoms with van der Waals surface area (Å²) in [6, 6.07) is 17.9. The van der Waals surface area contributed by atoms with Crippen LogP contribution in [0.4, 0.5) is 5.69 Å². The number of aromatic nitrogens is 1. The molecule has 1 fully saturated rings. The molecule has 0 amide bonds. The molecule has 1 aromatic heterocycles. The van der Waals surface area contributed by atoms with Gasteiger partial charge >= 0.3 is 0 Å². The average Bonchev–Trinajstić information content (AvgIpc) is 2.83. The molecule has 0 saturated carbocycles. The molecule has 0 spiro atoms. The number of nitrogens with zero attached hydrogens (tertiary/aromatic N) is 3. The van der Waals surface area contributed by atoms with Gasteiger partial charge in [0.2, 0.25) is 0 Å². The van der Waals surface area contributed by atoms with Crippen molar-refractivity contribution in [3.63, 3.8) is 0 Å². The molecule has 2 aromatic carbocycles. The number of morpholine rings is 1. The monoisotopic (exact) mass is 416 g/mol. The number of anilines is 1. The van der Waals surface area contributed by atoms with E-state index >= 15 is 0 Å². The molecular weight excluding hydrogens is 388 g/mol. The normalized spacial score (nSPS) is 15.5. The summed E-state index contributed by atoms with van der Waals surface area (Å²) < 4.78 is 7.32. The lowest BCUT2D eigenvalue weighted by Gasteiger charge is -2.30. The fourth-order valence-electron chi connectivity index (χ4n) is 4.24. The number of hydrogen-bond acceptors (Lipinski definition) is 5. The fraction of sp³-hybridized carbons (Fsp3) is 0.280. The summed E-state index contributed by atoms with van der Waals surface area (Å²) in [4.78, 5) is 19.6. The molecule has 0 aliphatic carbocycles. The van der Waals surface area contributed by atoms with Gasteiger partial charge < -0.3 is 19.9 Å². The standard InChI is InChI=1S/C25H28N4O2/c1-3-29-22-10-9-19(21(17-26)25(27-2)18-7-5-4-6-8-18)15-20(22)23(16-24(29)30)28-11-13-31-14-12-28/h4-10,15-17H,3,11-14,26H2,1-2H3. The van der Waals surface area contributed by atoms with Gasteiger partial charge in [0.25, 0.3) is 5.56 Å². The smallest absolute Gasteiger partial charge is 0.253 e. The van der Waals surface area contributed by atoms with E-state index in [1.165, 1.54) is 0 Å². The largest absolute Gasteiger partial charge is 0.404 e. The lowest BCUT2D eigenvalue weighted by Crippen LogP contribution is -2.37. The number of pyridine rings is 1. The first-order chi connectivity index (χ1) is 15.2. The summed E-state index contributed by atoms with van der Waals surface area (Å²) in [6.45, 7) is 5.45. The van der Waals surface area contributed by atoms with Crippen molar-refractivity contribution in [3.8, 4) is 0 Å². The maximum atomic E-state index is 12.8. The number of allylic oxidation sites excluding steroid dienone is 1. The highest BCUT2D eigenvalue weighted by atomic mass is 16.5. The third-order valence-electron chi connectivity index (χ3n) is 5.76. The number of fused-ring (bicyclic) bond motifs is 1. The molecule has 0 unspecified atom stereocenters. The van der Waals surface area contributed by atoms with Gasteiger partial charge in [-0.15, -0.1) is 0 Å². The number of aliphatic imine (C=N–C) groups is 1. The average molecular weight is 417 g/mol. The number of aryl methyl sites for hydroxylation is 1. The molecule has 0 atom stereocenters. The zero-order chi connectivity index (χ0) is 21.8.